The van der Waals surface area contributed by atoms with Gasteiger partial charge in [-0.15, -0.1) is 0 Å². The van der Waals surface area contributed by atoms with E-state index in [0.29, 0.717) is 6.10 Å². The van der Waals surface area contributed by atoms with Crippen molar-refractivity contribution in [3.05, 3.63) is 24.3 Å². The average Bonchev–Trinajstić information content (AvgIpc) is 3.11. The van der Waals surface area contributed by atoms with Crippen molar-refractivity contribution in [2.24, 2.45) is 0 Å². The molecular formula is C14H16BrN2OS+. The number of aromatic nitrogens is 2. The number of ether oxygens (including phenoxy) is 1. The van der Waals surface area contributed by atoms with Crippen LogP contribution < -0.4 is 4.57 Å². The summed E-state index contributed by atoms with van der Waals surface area (Å²) in [7, 11) is 0. The van der Waals surface area contributed by atoms with E-state index in [1.807, 2.05) is 11.8 Å². The Morgan fingerprint density at radius 3 is 3.05 bits per heavy atom. The number of hydrogen-bond donors (Lipinski definition) is 0. The lowest BCUT2D eigenvalue weighted by atomic mass is 10.1. The summed E-state index contributed by atoms with van der Waals surface area (Å²) in [5.41, 5.74) is 2.83. The van der Waals surface area contributed by atoms with Gasteiger partial charge in [0.05, 0.1) is 6.61 Å². The molecule has 0 aliphatic carbocycles. The number of benzene rings is 1. The number of alkyl halides is 1. The predicted molar refractivity (Wildman–Crippen MR) is 80.0 cm³/mol. The van der Waals surface area contributed by atoms with Crippen LogP contribution in [0.2, 0.25) is 0 Å². The monoisotopic (exact) mass is 339 g/mol. The van der Waals surface area contributed by atoms with Crippen LogP contribution in [0.3, 0.4) is 0 Å². The van der Waals surface area contributed by atoms with Gasteiger partial charge in [0.2, 0.25) is 0 Å². The van der Waals surface area contributed by atoms with Crippen LogP contribution in [0.15, 0.2) is 29.4 Å². The summed E-state index contributed by atoms with van der Waals surface area (Å²) in [6, 6.07) is 8.71. The molecule has 2 atom stereocenters. The molecular weight excluding hydrogens is 324 g/mol. The number of fused-ring (bicyclic) bond motifs is 3. The third-order valence-corrected chi connectivity index (χ3v) is 6.60. The van der Waals surface area contributed by atoms with E-state index >= 15 is 0 Å². The summed E-state index contributed by atoms with van der Waals surface area (Å²) in [5, 5.41) is 2.36. The fourth-order valence-corrected chi connectivity index (χ4v) is 4.97. The van der Waals surface area contributed by atoms with Gasteiger partial charge in [0.1, 0.15) is 18.2 Å². The molecule has 3 nitrogen and oxygen atoms in total. The quantitative estimate of drug-likeness (QED) is 0.487. The predicted octanol–water partition coefficient (Wildman–Crippen LogP) is 2.54. The summed E-state index contributed by atoms with van der Waals surface area (Å²) < 4.78 is 10.4. The molecule has 2 aliphatic heterocycles. The second kappa shape index (κ2) is 4.24. The van der Waals surface area contributed by atoms with E-state index in [-0.39, 0.29) is 5.54 Å². The average molecular weight is 340 g/mol. The first-order chi connectivity index (χ1) is 9.23. The Hall–Kier alpha value is -0.520. The lowest BCUT2D eigenvalue weighted by Crippen LogP contribution is -2.38. The number of epoxide rings is 1. The molecule has 19 heavy (non-hydrogen) atoms. The van der Waals surface area contributed by atoms with Crippen molar-refractivity contribution in [2.45, 2.75) is 30.3 Å². The fourth-order valence-electron chi connectivity index (χ4n) is 2.81. The summed E-state index contributed by atoms with van der Waals surface area (Å²) in [4.78, 5) is 0. The van der Waals surface area contributed by atoms with Gasteiger partial charge >= 0.3 is 5.16 Å². The van der Waals surface area contributed by atoms with Gasteiger partial charge in [0.15, 0.2) is 11.0 Å². The number of nitrogens with zero attached hydrogens (tertiary/aromatic N) is 2. The van der Waals surface area contributed by atoms with Crippen molar-refractivity contribution >= 4 is 38.7 Å². The van der Waals surface area contributed by atoms with Crippen LogP contribution >= 0.6 is 27.7 Å². The van der Waals surface area contributed by atoms with Gasteiger partial charge in [-0.25, -0.2) is 9.13 Å². The standard InChI is InChI=1S/C14H16BrN2OS/c1-14(8-15)9-19-13-16(6-10-7-18-10)11-4-2-3-5-12(11)17(13)14/h2-5,10H,6-9H2,1H3/q+1/t10-,14-/m0/s1. The summed E-state index contributed by atoms with van der Waals surface area (Å²) in [6.45, 7) is 4.22. The number of imidazole rings is 1. The van der Waals surface area contributed by atoms with E-state index in [4.69, 9.17) is 4.74 Å². The third-order valence-electron chi connectivity index (χ3n) is 3.96. The van der Waals surface area contributed by atoms with Crippen LogP contribution in [0.5, 0.6) is 0 Å². The molecule has 0 unspecified atom stereocenters. The molecule has 1 aromatic heterocycles. The van der Waals surface area contributed by atoms with Gasteiger partial charge in [-0.3, -0.25) is 0 Å². The summed E-state index contributed by atoms with van der Waals surface area (Å²) in [6.07, 6.45) is 0.414. The molecule has 5 heteroatoms. The van der Waals surface area contributed by atoms with Crippen molar-refractivity contribution in [3.63, 3.8) is 0 Å². The molecule has 1 fully saturated rings. The van der Waals surface area contributed by atoms with Crippen LogP contribution in [0.25, 0.3) is 11.0 Å². The lowest BCUT2D eigenvalue weighted by Gasteiger charge is -2.17. The minimum Gasteiger partial charge on any atom is -0.369 e. The first kappa shape index (κ1) is 12.2. The zero-order valence-corrected chi connectivity index (χ0v) is 13.2. The minimum atomic E-state index is 0.162. The molecule has 100 valence electrons. The van der Waals surface area contributed by atoms with Gasteiger partial charge in [-0.1, -0.05) is 28.1 Å². The zero-order chi connectivity index (χ0) is 13.0. The van der Waals surface area contributed by atoms with Gasteiger partial charge in [0, 0.05) is 11.1 Å². The van der Waals surface area contributed by atoms with Gasteiger partial charge < -0.3 is 4.74 Å². The number of rotatable bonds is 3. The normalized spacial score (nSPS) is 28.8. The number of para-hydroxylation sites is 2. The topological polar surface area (TPSA) is 21.3 Å². The fraction of sp³-hybridized carbons (Fsp3) is 0.500. The number of hydrogen-bond acceptors (Lipinski definition) is 2. The van der Waals surface area contributed by atoms with Crippen LogP contribution in [0.1, 0.15) is 6.92 Å². The van der Waals surface area contributed by atoms with Crippen molar-refractivity contribution in [1.29, 1.82) is 0 Å². The molecule has 2 aromatic rings. The highest BCUT2D eigenvalue weighted by molar-refractivity contribution is 9.09. The molecule has 0 bridgehead atoms. The third kappa shape index (κ3) is 1.78. The van der Waals surface area contributed by atoms with E-state index in [1.54, 1.807) is 0 Å². The van der Waals surface area contributed by atoms with Gasteiger partial charge in [0.25, 0.3) is 0 Å². The van der Waals surface area contributed by atoms with Crippen molar-refractivity contribution in [3.8, 4) is 0 Å². The van der Waals surface area contributed by atoms with E-state index in [2.05, 4.69) is 56.3 Å². The first-order valence-electron chi connectivity index (χ1n) is 6.57. The minimum absolute atomic E-state index is 0.162. The number of halogens is 1. The second-order valence-corrected chi connectivity index (χ2v) is 7.10. The van der Waals surface area contributed by atoms with E-state index in [9.17, 15) is 0 Å². The molecule has 0 amide bonds. The molecule has 2 aliphatic rings. The van der Waals surface area contributed by atoms with Crippen molar-refractivity contribution in [1.82, 2.24) is 4.57 Å². The zero-order valence-electron chi connectivity index (χ0n) is 10.8. The molecule has 0 spiro atoms. The van der Waals surface area contributed by atoms with E-state index < -0.39 is 0 Å². The van der Waals surface area contributed by atoms with Crippen molar-refractivity contribution in [2.75, 3.05) is 17.7 Å². The van der Waals surface area contributed by atoms with Crippen molar-refractivity contribution < 1.29 is 9.30 Å². The van der Waals surface area contributed by atoms with Gasteiger partial charge in [-0.2, -0.15) is 0 Å². The Morgan fingerprint density at radius 1 is 1.53 bits per heavy atom. The smallest absolute Gasteiger partial charge is 0.319 e. The van der Waals surface area contributed by atoms with Crippen LogP contribution in [-0.2, 0) is 16.8 Å². The Labute approximate surface area is 125 Å². The Morgan fingerprint density at radius 2 is 2.32 bits per heavy atom. The Kier molecular flexibility index (Phi) is 2.73. The number of thioether (sulfide) groups is 1. The largest absolute Gasteiger partial charge is 0.369 e. The Balaban J connectivity index is 1.97. The molecule has 0 saturated carbocycles. The SMILES string of the molecule is C[C@]1(CBr)CSc2n1c1ccccc1[n+]2C[C@H]1CO1. The molecule has 0 N–H and O–H groups in total. The highest BCUT2D eigenvalue weighted by Crippen LogP contribution is 2.40. The second-order valence-electron chi connectivity index (χ2n) is 5.59. The molecule has 3 heterocycles. The molecule has 1 aromatic carbocycles. The van der Waals surface area contributed by atoms with Crippen LogP contribution in [0, 0.1) is 0 Å². The maximum Gasteiger partial charge on any atom is 0.319 e. The summed E-state index contributed by atoms with van der Waals surface area (Å²) in [5.74, 6) is 1.13. The lowest BCUT2D eigenvalue weighted by molar-refractivity contribution is -0.711. The maximum absolute atomic E-state index is 5.42. The van der Waals surface area contributed by atoms with Crippen LogP contribution in [-0.4, -0.2) is 28.4 Å². The molecule has 1 saturated heterocycles. The molecule has 0 radical (unpaired) electrons. The summed E-state index contributed by atoms with van der Waals surface area (Å²) >= 11 is 5.65. The first-order valence-corrected chi connectivity index (χ1v) is 8.68. The molecule has 4 rings (SSSR count). The highest BCUT2D eigenvalue weighted by Gasteiger charge is 2.45. The van der Waals surface area contributed by atoms with E-state index in [0.717, 1.165) is 24.2 Å². The van der Waals surface area contributed by atoms with E-state index in [1.165, 1.54) is 16.2 Å². The maximum atomic E-state index is 5.42. The Bertz CT molecular complexity index is 652. The highest BCUT2D eigenvalue weighted by atomic mass is 79.9. The van der Waals surface area contributed by atoms with Gasteiger partial charge in [-0.05, 0) is 30.8 Å². The van der Waals surface area contributed by atoms with Crippen LogP contribution in [0.4, 0.5) is 0 Å².